The summed E-state index contributed by atoms with van der Waals surface area (Å²) in [6.45, 7) is 3.04. The fourth-order valence-corrected chi connectivity index (χ4v) is 3.66. The minimum Gasteiger partial charge on any atom is -0.494 e. The van der Waals surface area contributed by atoms with Crippen molar-refractivity contribution < 1.29 is 4.74 Å². The summed E-state index contributed by atoms with van der Waals surface area (Å²) in [5.74, 6) is 0.983. The number of rotatable bonds is 6. The molecule has 4 heteroatoms. The van der Waals surface area contributed by atoms with Gasteiger partial charge >= 0.3 is 0 Å². The lowest BCUT2D eigenvalue weighted by Crippen LogP contribution is -2.03. The van der Waals surface area contributed by atoms with E-state index < -0.39 is 0 Å². The van der Waals surface area contributed by atoms with Crippen LogP contribution in [0, 0.1) is 0 Å². The molecule has 0 atom stereocenters. The minimum atomic E-state index is 0.670. The predicted octanol–water partition coefficient (Wildman–Crippen LogP) is 4.45. The van der Waals surface area contributed by atoms with Gasteiger partial charge in [-0.2, -0.15) is 0 Å². The Kier molecular flexibility index (Phi) is 4.44. The first-order valence-corrected chi connectivity index (χ1v) is 8.61. The number of thiazole rings is 1. The third-order valence-corrected chi connectivity index (χ3v) is 4.88. The number of aromatic nitrogens is 1. The largest absolute Gasteiger partial charge is 0.494 e. The number of nitrogen functional groups attached to an aromatic ring is 1. The number of anilines is 1. The maximum absolute atomic E-state index is 5.87. The number of unbranched alkanes of at least 4 members (excludes halogenated alkanes) is 3. The third kappa shape index (κ3) is 3.21. The maximum atomic E-state index is 5.87. The summed E-state index contributed by atoms with van der Waals surface area (Å²) >= 11 is 1.61. The molecular weight excluding hydrogens is 280 g/mol. The fraction of sp³-hybridized carbons (Fsp3) is 0.471. The molecule has 112 valence electrons. The third-order valence-electron chi connectivity index (χ3n) is 3.93. The molecule has 0 radical (unpaired) electrons. The van der Waals surface area contributed by atoms with E-state index in [4.69, 9.17) is 10.5 Å². The lowest BCUT2D eigenvalue weighted by atomic mass is 9.93. The number of ether oxygens (including phenoxy) is 1. The van der Waals surface area contributed by atoms with E-state index in [9.17, 15) is 0 Å². The number of aryl methyl sites for hydroxylation is 2. The molecule has 0 unspecified atom stereocenters. The molecule has 0 saturated heterocycles. The highest BCUT2D eigenvalue weighted by Gasteiger charge is 2.20. The van der Waals surface area contributed by atoms with Gasteiger partial charge in [0.15, 0.2) is 5.13 Å². The van der Waals surface area contributed by atoms with E-state index in [2.05, 4.69) is 30.1 Å². The van der Waals surface area contributed by atoms with E-state index in [-0.39, 0.29) is 0 Å². The van der Waals surface area contributed by atoms with Crippen LogP contribution in [0.15, 0.2) is 18.2 Å². The molecule has 0 saturated carbocycles. The van der Waals surface area contributed by atoms with E-state index in [1.807, 2.05) is 0 Å². The Hall–Kier alpha value is -1.55. The molecule has 0 bridgehead atoms. The zero-order valence-corrected chi connectivity index (χ0v) is 13.3. The lowest BCUT2D eigenvalue weighted by Gasteiger charge is -2.16. The van der Waals surface area contributed by atoms with Gasteiger partial charge in [0.1, 0.15) is 5.75 Å². The van der Waals surface area contributed by atoms with Gasteiger partial charge in [0.25, 0.3) is 0 Å². The van der Waals surface area contributed by atoms with Crippen LogP contribution in [0.4, 0.5) is 5.13 Å². The average molecular weight is 302 g/mol. The van der Waals surface area contributed by atoms with E-state index in [0.717, 1.165) is 37.3 Å². The summed E-state index contributed by atoms with van der Waals surface area (Å²) in [6.07, 6.45) is 7.04. The van der Waals surface area contributed by atoms with Crippen molar-refractivity contribution in [1.82, 2.24) is 4.98 Å². The molecule has 1 aromatic heterocycles. The van der Waals surface area contributed by atoms with Crippen molar-refractivity contribution in [2.75, 3.05) is 12.3 Å². The number of fused-ring (bicyclic) bond motifs is 3. The Morgan fingerprint density at radius 2 is 2.14 bits per heavy atom. The quantitative estimate of drug-likeness (QED) is 0.802. The maximum Gasteiger partial charge on any atom is 0.180 e. The van der Waals surface area contributed by atoms with Gasteiger partial charge in [-0.3, -0.25) is 0 Å². The summed E-state index contributed by atoms with van der Waals surface area (Å²) < 4.78 is 5.87. The summed E-state index contributed by atoms with van der Waals surface area (Å²) in [5, 5.41) is 0.670. The molecule has 2 aromatic rings. The summed E-state index contributed by atoms with van der Waals surface area (Å²) in [6, 6.07) is 6.37. The standard InChI is InChI=1S/C17H22N2OS/c1-2-3-4-5-10-20-13-7-8-14-12(11-13)6-9-15-16(14)19-17(18)21-15/h7-8,11H,2-6,9-10H2,1H3,(H2,18,19). The van der Waals surface area contributed by atoms with Gasteiger partial charge in [-0.15, -0.1) is 11.3 Å². The van der Waals surface area contributed by atoms with E-state index in [1.54, 1.807) is 11.3 Å². The van der Waals surface area contributed by atoms with Crippen LogP contribution in [0.3, 0.4) is 0 Å². The van der Waals surface area contributed by atoms with E-state index >= 15 is 0 Å². The van der Waals surface area contributed by atoms with Crippen LogP contribution in [0.2, 0.25) is 0 Å². The number of benzene rings is 1. The van der Waals surface area contributed by atoms with Crippen LogP contribution >= 0.6 is 11.3 Å². The highest BCUT2D eigenvalue weighted by molar-refractivity contribution is 7.15. The molecule has 1 aliphatic carbocycles. The Labute approximate surface area is 130 Å². The second-order valence-corrected chi connectivity index (χ2v) is 6.67. The van der Waals surface area contributed by atoms with Gasteiger partial charge in [-0.05, 0) is 43.0 Å². The highest BCUT2D eigenvalue weighted by Crippen LogP contribution is 2.38. The number of hydrogen-bond acceptors (Lipinski definition) is 4. The topological polar surface area (TPSA) is 48.1 Å². The smallest absolute Gasteiger partial charge is 0.180 e. The molecule has 21 heavy (non-hydrogen) atoms. The predicted molar refractivity (Wildman–Crippen MR) is 89.0 cm³/mol. The average Bonchev–Trinajstić information content (AvgIpc) is 2.87. The lowest BCUT2D eigenvalue weighted by molar-refractivity contribution is 0.305. The fourth-order valence-electron chi connectivity index (χ4n) is 2.81. The first kappa shape index (κ1) is 14.4. The second kappa shape index (κ2) is 6.48. The monoisotopic (exact) mass is 302 g/mol. The van der Waals surface area contributed by atoms with Crippen molar-refractivity contribution in [3.8, 4) is 17.0 Å². The van der Waals surface area contributed by atoms with Gasteiger partial charge in [0.2, 0.25) is 0 Å². The van der Waals surface area contributed by atoms with Gasteiger partial charge in [-0.25, -0.2) is 4.98 Å². The van der Waals surface area contributed by atoms with Crippen molar-refractivity contribution in [1.29, 1.82) is 0 Å². The summed E-state index contributed by atoms with van der Waals surface area (Å²) in [4.78, 5) is 5.79. The molecule has 1 aromatic carbocycles. The molecule has 3 nitrogen and oxygen atoms in total. The molecular formula is C17H22N2OS. The summed E-state index contributed by atoms with van der Waals surface area (Å²) in [7, 11) is 0. The molecule has 0 spiro atoms. The minimum absolute atomic E-state index is 0.670. The molecule has 0 aliphatic heterocycles. The highest BCUT2D eigenvalue weighted by atomic mass is 32.1. The molecule has 0 fully saturated rings. The number of hydrogen-bond donors (Lipinski definition) is 1. The Morgan fingerprint density at radius 3 is 3.00 bits per heavy atom. The molecule has 3 rings (SSSR count). The van der Waals surface area contributed by atoms with Gasteiger partial charge in [0.05, 0.1) is 12.3 Å². The Balaban J connectivity index is 1.68. The van der Waals surface area contributed by atoms with Crippen LogP contribution in [-0.4, -0.2) is 11.6 Å². The first-order chi connectivity index (χ1) is 10.3. The van der Waals surface area contributed by atoms with Crippen LogP contribution in [-0.2, 0) is 12.8 Å². The SMILES string of the molecule is CCCCCCOc1ccc2c(c1)CCc1sc(N)nc1-2. The Morgan fingerprint density at radius 1 is 1.24 bits per heavy atom. The number of nitrogens with zero attached hydrogens (tertiary/aromatic N) is 1. The first-order valence-electron chi connectivity index (χ1n) is 7.79. The van der Waals surface area contributed by atoms with E-state index in [1.165, 1.54) is 35.3 Å². The van der Waals surface area contributed by atoms with Crippen molar-refractivity contribution in [2.24, 2.45) is 0 Å². The zero-order valence-electron chi connectivity index (χ0n) is 12.5. The van der Waals surface area contributed by atoms with Gasteiger partial charge in [0, 0.05) is 10.4 Å². The van der Waals surface area contributed by atoms with Crippen molar-refractivity contribution >= 4 is 16.5 Å². The second-order valence-electron chi connectivity index (χ2n) is 5.55. The van der Waals surface area contributed by atoms with Crippen LogP contribution < -0.4 is 10.5 Å². The molecule has 1 heterocycles. The van der Waals surface area contributed by atoms with Crippen LogP contribution in [0.5, 0.6) is 5.75 Å². The van der Waals surface area contributed by atoms with Crippen molar-refractivity contribution in [2.45, 2.75) is 45.4 Å². The van der Waals surface area contributed by atoms with Gasteiger partial charge < -0.3 is 10.5 Å². The molecule has 1 aliphatic rings. The number of nitrogens with two attached hydrogens (primary N) is 1. The van der Waals surface area contributed by atoms with Crippen molar-refractivity contribution in [3.63, 3.8) is 0 Å². The Bertz CT molecular complexity index is 621. The van der Waals surface area contributed by atoms with Crippen molar-refractivity contribution in [3.05, 3.63) is 28.6 Å². The molecule has 2 N–H and O–H groups in total. The summed E-state index contributed by atoms with van der Waals surface area (Å²) in [5.41, 5.74) is 9.47. The molecule has 0 amide bonds. The normalized spacial score (nSPS) is 12.8. The van der Waals surface area contributed by atoms with Gasteiger partial charge in [-0.1, -0.05) is 26.2 Å². The van der Waals surface area contributed by atoms with Crippen LogP contribution in [0.1, 0.15) is 43.0 Å². The zero-order chi connectivity index (χ0) is 14.7. The van der Waals surface area contributed by atoms with E-state index in [0.29, 0.717) is 5.13 Å². The van der Waals surface area contributed by atoms with Crippen LogP contribution in [0.25, 0.3) is 11.3 Å².